The standard InChI is InChI=1S/C21H16F5N5O4S/c1-3-36(33,34)29-14-7-30-15(21(14,25)26)8-31(20(30)32)19-17-13(35-28-19)4-9(2)27-18(17)16-11(23)5-10(22)6-12(16)24/h4-6,8,14,29H,3,7H2,1-2H3/t14-/m1/s1. The van der Waals surface area contributed by atoms with E-state index in [0.717, 1.165) is 6.20 Å². The van der Waals surface area contributed by atoms with Crippen LogP contribution in [-0.4, -0.2) is 39.5 Å². The summed E-state index contributed by atoms with van der Waals surface area (Å²) < 4.78 is 105. The predicted octanol–water partition coefficient (Wildman–Crippen LogP) is 2.98. The molecule has 0 fully saturated rings. The summed E-state index contributed by atoms with van der Waals surface area (Å²) in [4.78, 5) is 17.2. The molecule has 4 heterocycles. The van der Waals surface area contributed by atoms with Crippen molar-refractivity contribution in [2.24, 2.45) is 0 Å². The molecule has 9 nitrogen and oxygen atoms in total. The number of nitrogens with zero attached hydrogens (tertiary/aromatic N) is 4. The van der Waals surface area contributed by atoms with Gasteiger partial charge in [0.25, 0.3) is 0 Å². The van der Waals surface area contributed by atoms with Gasteiger partial charge in [-0.05, 0) is 13.8 Å². The Bertz CT molecular complexity index is 1690. The Labute approximate surface area is 199 Å². The first-order valence-corrected chi connectivity index (χ1v) is 12.1. The van der Waals surface area contributed by atoms with E-state index in [2.05, 4.69) is 10.1 Å². The third-order valence-electron chi connectivity index (χ3n) is 5.86. The van der Waals surface area contributed by atoms with Crippen molar-refractivity contribution in [3.63, 3.8) is 0 Å². The summed E-state index contributed by atoms with van der Waals surface area (Å²) in [6.45, 7) is 2.09. The summed E-state index contributed by atoms with van der Waals surface area (Å²) in [5, 5.41) is 3.56. The van der Waals surface area contributed by atoms with Gasteiger partial charge in [0.2, 0.25) is 10.0 Å². The zero-order valence-corrected chi connectivity index (χ0v) is 19.3. The van der Waals surface area contributed by atoms with Gasteiger partial charge in [-0.3, -0.25) is 9.55 Å². The topological polar surface area (TPSA) is 112 Å². The fourth-order valence-corrected chi connectivity index (χ4v) is 4.97. The van der Waals surface area contributed by atoms with E-state index in [1.807, 2.05) is 4.72 Å². The van der Waals surface area contributed by atoms with Gasteiger partial charge in [-0.25, -0.2) is 35.7 Å². The van der Waals surface area contributed by atoms with E-state index in [1.54, 1.807) is 0 Å². The molecule has 1 aliphatic heterocycles. The highest BCUT2D eigenvalue weighted by Crippen LogP contribution is 2.39. The molecule has 3 aromatic heterocycles. The van der Waals surface area contributed by atoms with Crippen LogP contribution < -0.4 is 10.4 Å². The van der Waals surface area contributed by atoms with Crippen LogP contribution in [0, 0.1) is 24.4 Å². The van der Waals surface area contributed by atoms with Crippen molar-refractivity contribution in [1.82, 2.24) is 24.0 Å². The number of alkyl halides is 2. The summed E-state index contributed by atoms with van der Waals surface area (Å²) in [5.74, 6) is -8.33. The number of pyridine rings is 1. The smallest absolute Gasteiger partial charge is 0.334 e. The fraction of sp³-hybridized carbons (Fsp3) is 0.286. The molecule has 1 aliphatic rings. The Morgan fingerprint density at radius 3 is 2.47 bits per heavy atom. The summed E-state index contributed by atoms with van der Waals surface area (Å²) >= 11 is 0. The number of aromatic nitrogens is 4. The molecule has 4 aromatic rings. The third kappa shape index (κ3) is 3.61. The van der Waals surface area contributed by atoms with Gasteiger partial charge in [0, 0.05) is 30.1 Å². The summed E-state index contributed by atoms with van der Waals surface area (Å²) in [6.07, 6.45) is 0.751. The lowest BCUT2D eigenvalue weighted by molar-refractivity contribution is -0.0248. The van der Waals surface area contributed by atoms with Crippen LogP contribution in [0.15, 0.2) is 33.7 Å². The first kappa shape index (κ1) is 24.1. The second kappa shape index (κ2) is 7.96. The molecule has 0 saturated carbocycles. The van der Waals surface area contributed by atoms with Crippen LogP contribution >= 0.6 is 0 Å². The van der Waals surface area contributed by atoms with Crippen LogP contribution in [0.3, 0.4) is 0 Å². The van der Waals surface area contributed by atoms with Gasteiger partial charge in [0.15, 0.2) is 11.4 Å². The lowest BCUT2D eigenvalue weighted by atomic mass is 10.1. The van der Waals surface area contributed by atoms with Gasteiger partial charge >= 0.3 is 11.6 Å². The average Bonchev–Trinajstić information content (AvgIpc) is 3.40. The molecule has 190 valence electrons. The van der Waals surface area contributed by atoms with Crippen LogP contribution in [0.4, 0.5) is 22.0 Å². The number of fused-ring (bicyclic) bond motifs is 2. The van der Waals surface area contributed by atoms with E-state index in [4.69, 9.17) is 4.52 Å². The van der Waals surface area contributed by atoms with Crippen molar-refractivity contribution >= 4 is 21.0 Å². The molecule has 36 heavy (non-hydrogen) atoms. The van der Waals surface area contributed by atoms with Crippen LogP contribution in [0.2, 0.25) is 0 Å². The molecule has 15 heteroatoms. The molecule has 0 bridgehead atoms. The van der Waals surface area contributed by atoms with Crippen LogP contribution in [0.5, 0.6) is 0 Å². The number of nitrogens with one attached hydrogen (secondary N) is 1. The second-order valence-corrected chi connectivity index (χ2v) is 10.3. The van der Waals surface area contributed by atoms with Crippen molar-refractivity contribution in [2.75, 3.05) is 5.75 Å². The number of imidazole rings is 1. The normalized spacial score (nSPS) is 17.1. The molecular formula is C21H16F5N5O4S. The van der Waals surface area contributed by atoms with E-state index >= 15 is 8.78 Å². The van der Waals surface area contributed by atoms with Crippen LogP contribution in [0.1, 0.15) is 18.3 Å². The average molecular weight is 529 g/mol. The van der Waals surface area contributed by atoms with Gasteiger partial charge in [0.05, 0.1) is 28.9 Å². The minimum absolute atomic E-state index is 0.0609. The monoisotopic (exact) mass is 529 g/mol. The maximum Gasteiger partial charge on any atom is 0.334 e. The molecule has 0 spiro atoms. The second-order valence-electron chi connectivity index (χ2n) is 8.21. The maximum absolute atomic E-state index is 15.1. The van der Waals surface area contributed by atoms with E-state index in [-0.39, 0.29) is 28.2 Å². The fourth-order valence-electron chi connectivity index (χ4n) is 4.14. The Morgan fingerprint density at radius 2 is 1.86 bits per heavy atom. The molecule has 0 aliphatic carbocycles. The summed E-state index contributed by atoms with van der Waals surface area (Å²) in [7, 11) is -4.00. The number of benzene rings is 1. The molecule has 1 aromatic carbocycles. The molecule has 1 atom stereocenters. The maximum atomic E-state index is 15.1. The quantitative estimate of drug-likeness (QED) is 0.398. The summed E-state index contributed by atoms with van der Waals surface area (Å²) in [6, 6.07) is 0.348. The largest absolute Gasteiger partial charge is 0.354 e. The third-order valence-corrected chi connectivity index (χ3v) is 7.27. The molecule has 0 unspecified atom stereocenters. The van der Waals surface area contributed by atoms with Crippen LogP contribution in [-0.2, 0) is 22.5 Å². The van der Waals surface area contributed by atoms with Gasteiger partial charge < -0.3 is 4.52 Å². The van der Waals surface area contributed by atoms with E-state index < -0.39 is 68.7 Å². The zero-order chi connectivity index (χ0) is 26.2. The van der Waals surface area contributed by atoms with Gasteiger partial charge in [-0.1, -0.05) is 5.16 Å². The molecule has 0 amide bonds. The van der Waals surface area contributed by atoms with Gasteiger partial charge in [-0.15, -0.1) is 0 Å². The SMILES string of the molecule is CCS(=O)(=O)N[C@@H]1Cn2c(cn(-c3noc4cc(C)nc(-c5c(F)cc(F)cc5F)c34)c2=O)C1(F)F. The van der Waals surface area contributed by atoms with E-state index in [9.17, 15) is 26.4 Å². The van der Waals surface area contributed by atoms with Crippen molar-refractivity contribution < 1.29 is 34.9 Å². The number of rotatable bonds is 5. The molecule has 0 radical (unpaired) electrons. The highest BCUT2D eigenvalue weighted by Gasteiger charge is 2.52. The van der Waals surface area contributed by atoms with E-state index in [1.165, 1.54) is 19.9 Å². The number of halogens is 5. The van der Waals surface area contributed by atoms with Gasteiger partial charge in [0.1, 0.15) is 29.2 Å². The van der Waals surface area contributed by atoms with Crippen molar-refractivity contribution in [1.29, 1.82) is 0 Å². The number of hydrogen-bond acceptors (Lipinski definition) is 6. The molecular weight excluding hydrogens is 513 g/mol. The zero-order valence-electron chi connectivity index (χ0n) is 18.5. The minimum Gasteiger partial charge on any atom is -0.354 e. The lowest BCUT2D eigenvalue weighted by Gasteiger charge is -2.19. The van der Waals surface area contributed by atoms with Crippen molar-refractivity contribution in [3.8, 4) is 17.1 Å². The molecule has 0 saturated heterocycles. The van der Waals surface area contributed by atoms with Crippen LogP contribution in [0.25, 0.3) is 28.0 Å². The lowest BCUT2D eigenvalue weighted by Crippen LogP contribution is -2.45. The van der Waals surface area contributed by atoms with Crippen molar-refractivity contribution in [2.45, 2.75) is 32.4 Å². The minimum atomic E-state index is -4.00. The highest BCUT2D eigenvalue weighted by molar-refractivity contribution is 7.89. The first-order chi connectivity index (χ1) is 16.8. The predicted molar refractivity (Wildman–Crippen MR) is 116 cm³/mol. The molecule has 5 rings (SSSR count). The Balaban J connectivity index is 1.70. The number of aryl methyl sites for hydroxylation is 1. The Hall–Kier alpha value is -3.59. The Morgan fingerprint density at radius 1 is 1.19 bits per heavy atom. The summed E-state index contributed by atoms with van der Waals surface area (Å²) in [5.41, 5.74) is -2.75. The number of sulfonamides is 1. The van der Waals surface area contributed by atoms with E-state index in [0.29, 0.717) is 21.3 Å². The Kier molecular flexibility index (Phi) is 5.33. The highest BCUT2D eigenvalue weighted by atomic mass is 32.2. The van der Waals surface area contributed by atoms with Gasteiger partial charge in [-0.2, -0.15) is 8.78 Å². The van der Waals surface area contributed by atoms with Crippen molar-refractivity contribution in [3.05, 3.63) is 63.7 Å². The first-order valence-electron chi connectivity index (χ1n) is 10.5. The number of hydrogen-bond donors (Lipinski definition) is 1. The molecule has 1 N–H and O–H groups in total.